The van der Waals surface area contributed by atoms with Crippen LogP contribution in [0.15, 0.2) is 54.6 Å². The van der Waals surface area contributed by atoms with Crippen LogP contribution in [0.2, 0.25) is 15.1 Å². The third kappa shape index (κ3) is 6.35. The maximum Gasteiger partial charge on any atom is 0.248 e. The minimum Gasteiger partial charge on any atom is -0.495 e. The Hall–Kier alpha value is -2.86. The lowest BCUT2D eigenvalue weighted by molar-refractivity contribution is -0.111. The Balaban J connectivity index is 1.70. The molecule has 0 unspecified atom stereocenters. The summed E-state index contributed by atoms with van der Waals surface area (Å²) in [6.07, 6.45) is 3.09. The molecule has 0 saturated heterocycles. The van der Waals surface area contributed by atoms with Crippen LogP contribution in [0.25, 0.3) is 6.08 Å². The summed E-state index contributed by atoms with van der Waals surface area (Å²) in [4.78, 5) is 12.4. The number of halogens is 3. The zero-order valence-corrected chi connectivity index (χ0v) is 20.5. The summed E-state index contributed by atoms with van der Waals surface area (Å²) in [5, 5.41) is 4.41. The monoisotopic (exact) mass is 505 g/mol. The number of carbonyl (C=O) groups excluding carboxylic acids is 1. The highest BCUT2D eigenvalue weighted by Crippen LogP contribution is 2.33. The molecule has 0 saturated carbocycles. The standard InChI is InChI=1S/C25H22Cl3NO4/c1-15-11-21(23(31-2)13-20(15)28)29-25(30)10-8-16-7-9-22(24(12-16)32-3)33-14-17-18(26)5-4-6-19(17)27/h4-13H,14H2,1-3H3,(H,29,30). The molecule has 172 valence electrons. The van der Waals surface area contributed by atoms with Crippen LogP contribution in [0.5, 0.6) is 17.2 Å². The molecule has 3 aromatic rings. The maximum absolute atomic E-state index is 12.4. The van der Waals surface area contributed by atoms with E-state index in [4.69, 9.17) is 49.0 Å². The van der Waals surface area contributed by atoms with Crippen molar-refractivity contribution in [1.29, 1.82) is 0 Å². The molecule has 0 fully saturated rings. The molecule has 0 aliphatic carbocycles. The van der Waals surface area contributed by atoms with Gasteiger partial charge in [0.25, 0.3) is 0 Å². The van der Waals surface area contributed by atoms with E-state index in [0.717, 1.165) is 11.1 Å². The van der Waals surface area contributed by atoms with Crippen molar-refractivity contribution in [2.45, 2.75) is 13.5 Å². The van der Waals surface area contributed by atoms with Gasteiger partial charge < -0.3 is 19.5 Å². The molecule has 33 heavy (non-hydrogen) atoms. The lowest BCUT2D eigenvalue weighted by Gasteiger charge is -2.13. The van der Waals surface area contributed by atoms with E-state index in [-0.39, 0.29) is 12.5 Å². The van der Waals surface area contributed by atoms with Gasteiger partial charge in [-0.2, -0.15) is 0 Å². The quantitative estimate of drug-likeness (QED) is 0.328. The van der Waals surface area contributed by atoms with E-state index in [0.29, 0.717) is 43.6 Å². The minimum absolute atomic E-state index is 0.189. The highest BCUT2D eigenvalue weighted by molar-refractivity contribution is 6.36. The Morgan fingerprint density at radius 2 is 1.61 bits per heavy atom. The van der Waals surface area contributed by atoms with Crippen molar-refractivity contribution in [3.05, 3.63) is 86.4 Å². The molecule has 0 heterocycles. The molecule has 0 bridgehead atoms. The Labute approximate surface area is 207 Å². The van der Waals surface area contributed by atoms with Gasteiger partial charge in [0.15, 0.2) is 11.5 Å². The Morgan fingerprint density at radius 3 is 2.27 bits per heavy atom. The molecule has 1 amide bonds. The van der Waals surface area contributed by atoms with Crippen LogP contribution in [0.1, 0.15) is 16.7 Å². The second-order valence-corrected chi connectivity index (χ2v) is 8.25. The molecular weight excluding hydrogens is 485 g/mol. The van der Waals surface area contributed by atoms with Crippen molar-refractivity contribution in [3.8, 4) is 17.2 Å². The highest BCUT2D eigenvalue weighted by Gasteiger charge is 2.11. The second-order valence-electron chi connectivity index (χ2n) is 7.02. The molecule has 0 aliphatic rings. The number of aryl methyl sites for hydroxylation is 1. The van der Waals surface area contributed by atoms with Crippen LogP contribution in [-0.2, 0) is 11.4 Å². The lowest BCUT2D eigenvalue weighted by Crippen LogP contribution is -2.09. The number of benzene rings is 3. The fourth-order valence-corrected chi connectivity index (χ4v) is 3.66. The highest BCUT2D eigenvalue weighted by atomic mass is 35.5. The van der Waals surface area contributed by atoms with Gasteiger partial charge in [0.1, 0.15) is 12.4 Å². The van der Waals surface area contributed by atoms with Gasteiger partial charge in [0.2, 0.25) is 5.91 Å². The number of anilines is 1. The lowest BCUT2D eigenvalue weighted by atomic mass is 10.1. The van der Waals surface area contributed by atoms with Crippen LogP contribution in [0.3, 0.4) is 0 Å². The van der Waals surface area contributed by atoms with Gasteiger partial charge in [-0.05, 0) is 54.5 Å². The first kappa shape index (κ1) is 24.8. The van der Waals surface area contributed by atoms with Crippen LogP contribution < -0.4 is 19.5 Å². The average molecular weight is 507 g/mol. The van der Waals surface area contributed by atoms with Gasteiger partial charge in [0.05, 0.1) is 19.9 Å². The molecule has 0 aliphatic heterocycles. The Bertz CT molecular complexity index is 1170. The largest absolute Gasteiger partial charge is 0.495 e. The van der Waals surface area contributed by atoms with Crippen LogP contribution >= 0.6 is 34.8 Å². The topological polar surface area (TPSA) is 56.8 Å². The summed E-state index contributed by atoms with van der Waals surface area (Å²) in [5.41, 5.74) is 2.81. The zero-order chi connectivity index (χ0) is 24.0. The third-order valence-electron chi connectivity index (χ3n) is 4.79. The van der Waals surface area contributed by atoms with Crippen LogP contribution in [0, 0.1) is 6.92 Å². The van der Waals surface area contributed by atoms with E-state index >= 15 is 0 Å². The summed E-state index contributed by atoms with van der Waals surface area (Å²) in [6.45, 7) is 2.04. The average Bonchev–Trinajstić information content (AvgIpc) is 2.80. The van der Waals surface area contributed by atoms with E-state index in [9.17, 15) is 4.79 Å². The second kappa shape index (κ2) is 11.3. The number of hydrogen-bond donors (Lipinski definition) is 1. The summed E-state index contributed by atoms with van der Waals surface area (Å²) in [7, 11) is 3.06. The van der Waals surface area contributed by atoms with Gasteiger partial charge in [-0.25, -0.2) is 0 Å². The van der Waals surface area contributed by atoms with E-state index < -0.39 is 0 Å². The predicted molar refractivity (Wildman–Crippen MR) is 134 cm³/mol. The number of nitrogens with one attached hydrogen (secondary N) is 1. The SMILES string of the molecule is COc1cc(Cl)c(C)cc1NC(=O)C=Cc1ccc(OCc2c(Cl)cccc2Cl)c(OC)c1. The molecule has 0 atom stereocenters. The van der Waals surface area contributed by atoms with Gasteiger partial charge in [-0.3, -0.25) is 4.79 Å². The summed E-state index contributed by atoms with van der Waals surface area (Å²) < 4.78 is 16.6. The number of hydrogen-bond acceptors (Lipinski definition) is 4. The number of amides is 1. The molecule has 1 N–H and O–H groups in total. The van der Waals surface area contributed by atoms with Crippen molar-refractivity contribution >= 4 is 52.5 Å². The fourth-order valence-electron chi connectivity index (χ4n) is 3.00. The van der Waals surface area contributed by atoms with Crippen LogP contribution in [-0.4, -0.2) is 20.1 Å². The summed E-state index contributed by atoms with van der Waals surface area (Å²) in [5.74, 6) is 1.20. The van der Waals surface area contributed by atoms with Crippen molar-refractivity contribution in [3.63, 3.8) is 0 Å². The molecule has 3 aromatic carbocycles. The first-order chi connectivity index (χ1) is 15.8. The number of carbonyl (C=O) groups is 1. The molecule has 8 heteroatoms. The van der Waals surface area contributed by atoms with E-state index in [2.05, 4.69) is 5.32 Å². The van der Waals surface area contributed by atoms with Crippen molar-refractivity contribution in [1.82, 2.24) is 0 Å². The van der Waals surface area contributed by atoms with Gasteiger partial charge >= 0.3 is 0 Å². The van der Waals surface area contributed by atoms with Gasteiger partial charge in [-0.1, -0.05) is 46.9 Å². The smallest absolute Gasteiger partial charge is 0.248 e. The zero-order valence-electron chi connectivity index (χ0n) is 18.2. The van der Waals surface area contributed by atoms with Gasteiger partial charge in [0, 0.05) is 32.8 Å². The van der Waals surface area contributed by atoms with E-state index in [1.54, 1.807) is 55.7 Å². The van der Waals surface area contributed by atoms with Crippen molar-refractivity contribution < 1.29 is 19.0 Å². The Morgan fingerprint density at radius 1 is 0.909 bits per heavy atom. The molecule has 0 radical (unpaired) electrons. The molecule has 5 nitrogen and oxygen atoms in total. The number of methoxy groups -OCH3 is 2. The first-order valence-electron chi connectivity index (χ1n) is 9.89. The normalized spacial score (nSPS) is 10.8. The minimum atomic E-state index is -0.317. The molecule has 0 aromatic heterocycles. The maximum atomic E-state index is 12.4. The fraction of sp³-hybridized carbons (Fsp3) is 0.160. The predicted octanol–water partition coefficient (Wildman–Crippen LogP) is 7.20. The number of rotatable bonds is 8. The van der Waals surface area contributed by atoms with E-state index in [1.807, 2.05) is 13.0 Å². The van der Waals surface area contributed by atoms with Crippen LogP contribution in [0.4, 0.5) is 5.69 Å². The Kier molecular flexibility index (Phi) is 8.50. The summed E-state index contributed by atoms with van der Waals surface area (Å²) >= 11 is 18.5. The first-order valence-corrected chi connectivity index (χ1v) is 11.0. The van der Waals surface area contributed by atoms with E-state index in [1.165, 1.54) is 13.2 Å². The molecular formula is C25H22Cl3NO4. The van der Waals surface area contributed by atoms with Crippen molar-refractivity contribution in [2.75, 3.05) is 19.5 Å². The van der Waals surface area contributed by atoms with Crippen molar-refractivity contribution in [2.24, 2.45) is 0 Å². The number of ether oxygens (including phenoxy) is 3. The van der Waals surface area contributed by atoms with Gasteiger partial charge in [-0.15, -0.1) is 0 Å². The molecule has 3 rings (SSSR count). The summed E-state index contributed by atoms with van der Waals surface area (Å²) in [6, 6.07) is 14.0. The molecule has 0 spiro atoms. The third-order valence-corrected chi connectivity index (χ3v) is 5.90.